The van der Waals surface area contributed by atoms with Crippen LogP contribution in [0.15, 0.2) is 24.3 Å². The summed E-state index contributed by atoms with van der Waals surface area (Å²) >= 11 is 7.85. The van der Waals surface area contributed by atoms with Crippen molar-refractivity contribution < 1.29 is 9.59 Å². The first kappa shape index (κ1) is 17.2. The van der Waals surface area contributed by atoms with E-state index in [1.165, 1.54) is 11.3 Å². The number of carbonyl (C=O) groups excluding carboxylic acids is 2. The fourth-order valence-electron chi connectivity index (χ4n) is 3.04. The summed E-state index contributed by atoms with van der Waals surface area (Å²) in [5.74, 6) is 0.0650. The van der Waals surface area contributed by atoms with Crippen LogP contribution in [0.4, 0.5) is 0 Å². The standard InChI is InChI=1S/C18H21ClN2O2S/c1-11(2)20-17(22)12-7-9-21(10-8-12)18(23)16-15(19)13-5-3-4-6-14(13)24-16/h3-6,11-12H,7-10H2,1-2H3,(H,20,22). The van der Waals surface area contributed by atoms with Crippen LogP contribution in [0.5, 0.6) is 0 Å². The van der Waals surface area contributed by atoms with Crippen LogP contribution in [0, 0.1) is 5.92 Å². The van der Waals surface area contributed by atoms with Gasteiger partial charge in [0.05, 0.1) is 5.02 Å². The van der Waals surface area contributed by atoms with Crippen LogP contribution in [-0.2, 0) is 4.79 Å². The summed E-state index contributed by atoms with van der Waals surface area (Å²) in [5.41, 5.74) is 0. The van der Waals surface area contributed by atoms with Gasteiger partial charge >= 0.3 is 0 Å². The number of halogens is 1. The monoisotopic (exact) mass is 364 g/mol. The van der Waals surface area contributed by atoms with Crippen LogP contribution in [-0.4, -0.2) is 35.8 Å². The van der Waals surface area contributed by atoms with Crippen molar-refractivity contribution in [3.05, 3.63) is 34.2 Å². The Balaban J connectivity index is 1.68. The summed E-state index contributed by atoms with van der Waals surface area (Å²) in [6.45, 7) is 5.11. The van der Waals surface area contributed by atoms with E-state index in [1.807, 2.05) is 43.0 Å². The summed E-state index contributed by atoms with van der Waals surface area (Å²) in [7, 11) is 0. The Bertz CT molecular complexity index is 763. The first-order chi connectivity index (χ1) is 11.5. The van der Waals surface area contributed by atoms with Crippen molar-refractivity contribution in [1.82, 2.24) is 10.2 Å². The second kappa shape index (κ2) is 7.11. The molecule has 4 nitrogen and oxygen atoms in total. The average molecular weight is 365 g/mol. The number of benzene rings is 1. The van der Waals surface area contributed by atoms with Crippen molar-refractivity contribution >= 4 is 44.8 Å². The summed E-state index contributed by atoms with van der Waals surface area (Å²) < 4.78 is 1.03. The topological polar surface area (TPSA) is 49.4 Å². The third-order valence-electron chi connectivity index (χ3n) is 4.31. The number of amides is 2. The number of hydrogen-bond donors (Lipinski definition) is 1. The second-order valence-electron chi connectivity index (χ2n) is 6.47. The summed E-state index contributed by atoms with van der Waals surface area (Å²) in [6, 6.07) is 7.93. The number of fused-ring (bicyclic) bond motifs is 1. The molecule has 1 aromatic heterocycles. The van der Waals surface area contributed by atoms with Gasteiger partial charge in [0.2, 0.25) is 5.91 Å². The van der Waals surface area contributed by atoms with Crippen molar-refractivity contribution in [2.75, 3.05) is 13.1 Å². The molecule has 1 aliphatic rings. The molecule has 0 bridgehead atoms. The van der Waals surface area contributed by atoms with Crippen LogP contribution >= 0.6 is 22.9 Å². The van der Waals surface area contributed by atoms with E-state index in [2.05, 4.69) is 5.32 Å². The van der Waals surface area contributed by atoms with E-state index >= 15 is 0 Å². The van der Waals surface area contributed by atoms with Crippen LogP contribution in [0.1, 0.15) is 36.4 Å². The Morgan fingerprint density at radius 2 is 1.92 bits per heavy atom. The minimum Gasteiger partial charge on any atom is -0.354 e. The molecule has 0 aliphatic carbocycles. The number of likely N-dealkylation sites (tertiary alicyclic amines) is 1. The highest BCUT2D eigenvalue weighted by Crippen LogP contribution is 2.36. The number of thiophene rings is 1. The first-order valence-corrected chi connectivity index (χ1v) is 9.43. The van der Waals surface area contributed by atoms with Crippen molar-refractivity contribution in [3.63, 3.8) is 0 Å². The van der Waals surface area contributed by atoms with Gasteiger partial charge in [0, 0.05) is 35.1 Å². The molecule has 0 unspecified atom stereocenters. The highest BCUT2D eigenvalue weighted by Gasteiger charge is 2.29. The van der Waals surface area contributed by atoms with E-state index in [-0.39, 0.29) is 23.8 Å². The van der Waals surface area contributed by atoms with Crippen molar-refractivity contribution in [2.24, 2.45) is 5.92 Å². The molecule has 1 aliphatic heterocycles. The van der Waals surface area contributed by atoms with Gasteiger partial charge in [-0.1, -0.05) is 29.8 Å². The predicted molar refractivity (Wildman–Crippen MR) is 98.7 cm³/mol. The maximum atomic E-state index is 12.8. The number of rotatable bonds is 3. The lowest BCUT2D eigenvalue weighted by molar-refractivity contribution is -0.126. The summed E-state index contributed by atoms with van der Waals surface area (Å²) in [5, 5.41) is 4.42. The van der Waals surface area contributed by atoms with E-state index in [0.717, 1.165) is 10.1 Å². The Kier molecular flexibility index (Phi) is 5.11. The normalized spacial score (nSPS) is 15.9. The number of nitrogens with one attached hydrogen (secondary N) is 1. The summed E-state index contributed by atoms with van der Waals surface area (Å²) in [4.78, 5) is 27.3. The zero-order chi connectivity index (χ0) is 17.3. The Hall–Kier alpha value is -1.59. The third kappa shape index (κ3) is 3.42. The number of carbonyl (C=O) groups is 2. The highest BCUT2D eigenvalue weighted by molar-refractivity contribution is 7.21. The van der Waals surface area contributed by atoms with Gasteiger partial charge in [0.1, 0.15) is 4.88 Å². The van der Waals surface area contributed by atoms with Gasteiger partial charge in [-0.15, -0.1) is 11.3 Å². The van der Waals surface area contributed by atoms with E-state index in [1.54, 1.807) is 0 Å². The quantitative estimate of drug-likeness (QED) is 0.897. The maximum absolute atomic E-state index is 12.8. The zero-order valence-electron chi connectivity index (χ0n) is 13.8. The van der Waals surface area contributed by atoms with Gasteiger partial charge in [0.15, 0.2) is 0 Å². The Morgan fingerprint density at radius 3 is 2.54 bits per heavy atom. The molecule has 2 aromatic rings. The van der Waals surface area contributed by atoms with Crippen molar-refractivity contribution in [2.45, 2.75) is 32.7 Å². The molecule has 128 valence electrons. The molecule has 2 amide bonds. The molecule has 0 spiro atoms. The Labute approximate surface area is 150 Å². The number of hydrogen-bond acceptors (Lipinski definition) is 3. The molecule has 0 radical (unpaired) electrons. The second-order valence-corrected chi connectivity index (χ2v) is 7.90. The number of nitrogens with zero attached hydrogens (tertiary/aromatic N) is 1. The van der Waals surface area contributed by atoms with Gasteiger partial charge < -0.3 is 10.2 Å². The predicted octanol–water partition coefficient (Wildman–Crippen LogP) is 3.93. The lowest BCUT2D eigenvalue weighted by Gasteiger charge is -2.31. The molecule has 1 N–H and O–H groups in total. The molecular formula is C18H21ClN2O2S. The zero-order valence-corrected chi connectivity index (χ0v) is 15.4. The lowest BCUT2D eigenvalue weighted by atomic mass is 9.95. The molecule has 1 aromatic carbocycles. The minimum atomic E-state index is -0.0242. The minimum absolute atomic E-state index is 0.00525. The molecule has 6 heteroatoms. The van der Waals surface area contributed by atoms with E-state index < -0.39 is 0 Å². The van der Waals surface area contributed by atoms with Crippen LogP contribution in [0.2, 0.25) is 5.02 Å². The molecule has 0 atom stereocenters. The van der Waals surface area contributed by atoms with Crippen molar-refractivity contribution in [1.29, 1.82) is 0 Å². The largest absolute Gasteiger partial charge is 0.354 e. The molecule has 1 fully saturated rings. The molecule has 0 saturated carbocycles. The first-order valence-electron chi connectivity index (χ1n) is 8.24. The van der Waals surface area contributed by atoms with E-state index in [9.17, 15) is 9.59 Å². The maximum Gasteiger partial charge on any atom is 0.265 e. The molecule has 24 heavy (non-hydrogen) atoms. The molecular weight excluding hydrogens is 344 g/mol. The number of piperidine rings is 1. The Morgan fingerprint density at radius 1 is 1.25 bits per heavy atom. The van der Waals surface area contributed by atoms with Gasteiger partial charge in [-0.25, -0.2) is 0 Å². The lowest BCUT2D eigenvalue weighted by Crippen LogP contribution is -2.44. The fraction of sp³-hybridized carbons (Fsp3) is 0.444. The van der Waals surface area contributed by atoms with Crippen molar-refractivity contribution in [3.8, 4) is 0 Å². The van der Waals surface area contributed by atoms with Gasteiger partial charge in [0.25, 0.3) is 5.91 Å². The molecule has 2 heterocycles. The SMILES string of the molecule is CC(C)NC(=O)C1CCN(C(=O)c2sc3ccccc3c2Cl)CC1. The third-order valence-corrected chi connectivity index (χ3v) is 5.98. The average Bonchev–Trinajstić information content (AvgIpc) is 2.91. The molecule has 1 saturated heterocycles. The van der Waals surface area contributed by atoms with E-state index in [4.69, 9.17) is 11.6 Å². The van der Waals surface area contributed by atoms with E-state index in [0.29, 0.717) is 35.8 Å². The highest BCUT2D eigenvalue weighted by atomic mass is 35.5. The molecule has 3 rings (SSSR count). The fourth-order valence-corrected chi connectivity index (χ4v) is 4.52. The van der Waals surface area contributed by atoms with Crippen LogP contribution < -0.4 is 5.32 Å². The van der Waals surface area contributed by atoms with Gasteiger partial charge in [-0.05, 0) is 32.8 Å². The van der Waals surface area contributed by atoms with Crippen LogP contribution in [0.25, 0.3) is 10.1 Å². The van der Waals surface area contributed by atoms with Gasteiger partial charge in [-0.3, -0.25) is 9.59 Å². The van der Waals surface area contributed by atoms with Crippen LogP contribution in [0.3, 0.4) is 0 Å². The smallest absolute Gasteiger partial charge is 0.265 e. The summed E-state index contributed by atoms with van der Waals surface area (Å²) in [6.07, 6.45) is 1.40. The van der Waals surface area contributed by atoms with Gasteiger partial charge in [-0.2, -0.15) is 0 Å².